The molecule has 0 aromatic heterocycles. The van der Waals surface area contributed by atoms with Crippen LogP contribution in [-0.2, 0) is 12.5 Å². The van der Waals surface area contributed by atoms with Crippen molar-refractivity contribution in [1.29, 1.82) is 0 Å². The van der Waals surface area contributed by atoms with Crippen molar-refractivity contribution in [2.75, 3.05) is 6.61 Å². The first-order valence-corrected chi connectivity index (χ1v) is 5.88. The molecule has 0 heterocycles. The van der Waals surface area contributed by atoms with Crippen LogP contribution in [0.1, 0.15) is 11.1 Å². The van der Waals surface area contributed by atoms with E-state index in [0.717, 1.165) is 5.56 Å². The van der Waals surface area contributed by atoms with E-state index < -0.39 is 12.5 Å². The third-order valence-corrected chi connectivity index (χ3v) is 2.70. The number of rotatable bonds is 5. The molecule has 0 amide bonds. The minimum absolute atomic E-state index is 0.249. The maximum atomic E-state index is 13.3. The van der Waals surface area contributed by atoms with E-state index in [-0.39, 0.29) is 5.56 Å². The van der Waals surface area contributed by atoms with Crippen LogP contribution in [0.25, 0.3) is 0 Å². The Kier molecular flexibility index (Phi) is 4.12. The van der Waals surface area contributed by atoms with Crippen molar-refractivity contribution in [3.63, 3.8) is 0 Å². The molecule has 0 aliphatic carbocycles. The predicted molar refractivity (Wildman–Crippen MR) is 68.2 cm³/mol. The van der Waals surface area contributed by atoms with Crippen molar-refractivity contribution in [2.24, 2.45) is 0 Å². The maximum absolute atomic E-state index is 13.3. The smallest absolute Gasteiger partial charge is 0.295 e. The molecule has 2 aromatic carbocycles. The van der Waals surface area contributed by atoms with Crippen LogP contribution in [0.4, 0.5) is 8.78 Å². The lowest BCUT2D eigenvalue weighted by Crippen LogP contribution is -2.18. The predicted octanol–water partition coefficient (Wildman–Crippen LogP) is 3.35. The van der Waals surface area contributed by atoms with Gasteiger partial charge in [-0.15, -0.1) is 0 Å². The van der Waals surface area contributed by atoms with E-state index in [4.69, 9.17) is 9.84 Å². The SMILES string of the molecule is OCC(F)(F)c1cccc(OCc2ccccc2)c1. The number of hydrogen-bond acceptors (Lipinski definition) is 2. The van der Waals surface area contributed by atoms with Gasteiger partial charge in [0, 0.05) is 5.56 Å². The molecule has 1 N–H and O–H groups in total. The number of alkyl halides is 2. The van der Waals surface area contributed by atoms with Gasteiger partial charge in [0.2, 0.25) is 0 Å². The summed E-state index contributed by atoms with van der Waals surface area (Å²) in [5.41, 5.74) is 0.711. The number of benzene rings is 2. The lowest BCUT2D eigenvalue weighted by molar-refractivity contribution is -0.0557. The topological polar surface area (TPSA) is 29.5 Å². The van der Waals surface area contributed by atoms with E-state index in [1.165, 1.54) is 18.2 Å². The quantitative estimate of drug-likeness (QED) is 0.897. The normalized spacial score (nSPS) is 11.3. The van der Waals surface area contributed by atoms with Crippen molar-refractivity contribution in [3.05, 3.63) is 65.7 Å². The number of aliphatic hydroxyl groups is 1. The van der Waals surface area contributed by atoms with Gasteiger partial charge < -0.3 is 9.84 Å². The second kappa shape index (κ2) is 5.80. The molecule has 100 valence electrons. The van der Waals surface area contributed by atoms with Gasteiger partial charge in [0.05, 0.1) is 0 Å². The highest BCUT2D eigenvalue weighted by Crippen LogP contribution is 2.29. The van der Waals surface area contributed by atoms with Gasteiger partial charge in [0.15, 0.2) is 0 Å². The van der Waals surface area contributed by atoms with Crippen molar-refractivity contribution in [2.45, 2.75) is 12.5 Å². The van der Waals surface area contributed by atoms with Crippen LogP contribution in [0.3, 0.4) is 0 Å². The average Bonchev–Trinajstić information content (AvgIpc) is 2.46. The molecule has 0 saturated carbocycles. The summed E-state index contributed by atoms with van der Waals surface area (Å²) in [6.45, 7) is -0.899. The lowest BCUT2D eigenvalue weighted by Gasteiger charge is -2.14. The van der Waals surface area contributed by atoms with Crippen LogP contribution < -0.4 is 4.74 Å². The second-order valence-electron chi connectivity index (χ2n) is 4.16. The Balaban J connectivity index is 2.08. The van der Waals surface area contributed by atoms with Gasteiger partial charge >= 0.3 is 0 Å². The third-order valence-electron chi connectivity index (χ3n) is 2.70. The zero-order valence-corrected chi connectivity index (χ0v) is 10.2. The summed E-state index contributed by atoms with van der Waals surface area (Å²) < 4.78 is 32.1. The van der Waals surface area contributed by atoms with Gasteiger partial charge in [-0.05, 0) is 17.7 Å². The number of halogens is 2. The van der Waals surface area contributed by atoms with Crippen LogP contribution in [0.2, 0.25) is 0 Å². The Morgan fingerprint density at radius 3 is 2.42 bits per heavy atom. The number of ether oxygens (including phenoxy) is 1. The van der Waals surface area contributed by atoms with Crippen molar-refractivity contribution >= 4 is 0 Å². The summed E-state index contributed by atoms with van der Waals surface area (Å²) in [6.07, 6.45) is 0. The molecule has 0 radical (unpaired) electrons. The molecule has 0 aliphatic heterocycles. The largest absolute Gasteiger partial charge is 0.489 e. The van der Waals surface area contributed by atoms with Gasteiger partial charge in [-0.2, -0.15) is 8.78 Å². The van der Waals surface area contributed by atoms with E-state index in [1.54, 1.807) is 6.07 Å². The van der Waals surface area contributed by atoms with E-state index >= 15 is 0 Å². The van der Waals surface area contributed by atoms with Crippen molar-refractivity contribution < 1.29 is 18.6 Å². The monoisotopic (exact) mass is 264 g/mol. The minimum Gasteiger partial charge on any atom is -0.489 e. The fraction of sp³-hybridized carbons (Fsp3) is 0.200. The first-order valence-electron chi connectivity index (χ1n) is 5.88. The van der Waals surface area contributed by atoms with Gasteiger partial charge in [-0.1, -0.05) is 42.5 Å². The zero-order chi connectivity index (χ0) is 13.7. The molecule has 2 nitrogen and oxygen atoms in total. The molecule has 0 fully saturated rings. The highest BCUT2D eigenvalue weighted by Gasteiger charge is 2.30. The number of aliphatic hydroxyl groups excluding tert-OH is 1. The molecule has 0 unspecified atom stereocenters. The van der Waals surface area contributed by atoms with Crippen LogP contribution in [0.5, 0.6) is 5.75 Å². The zero-order valence-electron chi connectivity index (χ0n) is 10.2. The number of hydrogen-bond donors (Lipinski definition) is 1. The molecule has 0 atom stereocenters. The van der Waals surface area contributed by atoms with Crippen LogP contribution in [0.15, 0.2) is 54.6 Å². The summed E-state index contributed by atoms with van der Waals surface area (Å²) in [5, 5.41) is 8.66. The van der Waals surface area contributed by atoms with E-state index in [1.807, 2.05) is 30.3 Å². The van der Waals surface area contributed by atoms with Gasteiger partial charge in [-0.25, -0.2) is 0 Å². The molecule has 0 aliphatic rings. The maximum Gasteiger partial charge on any atom is 0.295 e. The lowest BCUT2D eigenvalue weighted by atomic mass is 10.1. The summed E-state index contributed by atoms with van der Waals surface area (Å²) in [6, 6.07) is 15.1. The fourth-order valence-electron chi connectivity index (χ4n) is 1.65. The molecule has 2 rings (SSSR count). The summed E-state index contributed by atoms with van der Waals surface area (Å²) in [7, 11) is 0. The summed E-state index contributed by atoms with van der Waals surface area (Å²) >= 11 is 0. The Morgan fingerprint density at radius 2 is 1.74 bits per heavy atom. The van der Waals surface area contributed by atoms with Crippen molar-refractivity contribution in [3.8, 4) is 5.75 Å². The van der Waals surface area contributed by atoms with E-state index in [9.17, 15) is 8.78 Å². The first-order chi connectivity index (χ1) is 9.12. The van der Waals surface area contributed by atoms with Crippen molar-refractivity contribution in [1.82, 2.24) is 0 Å². The molecular formula is C15H14F2O2. The van der Waals surface area contributed by atoms with Crippen LogP contribution >= 0.6 is 0 Å². The van der Waals surface area contributed by atoms with Gasteiger partial charge in [0.25, 0.3) is 5.92 Å². The van der Waals surface area contributed by atoms with Gasteiger partial charge in [-0.3, -0.25) is 0 Å². The Morgan fingerprint density at radius 1 is 1.00 bits per heavy atom. The van der Waals surface area contributed by atoms with Gasteiger partial charge in [0.1, 0.15) is 19.0 Å². The summed E-state index contributed by atoms with van der Waals surface area (Å²) in [5.74, 6) is -2.89. The second-order valence-corrected chi connectivity index (χ2v) is 4.16. The standard InChI is InChI=1S/C15H14F2O2/c16-15(17,11-18)13-7-4-8-14(9-13)19-10-12-5-2-1-3-6-12/h1-9,18H,10-11H2. The highest BCUT2D eigenvalue weighted by atomic mass is 19.3. The van der Waals surface area contributed by atoms with Crippen LogP contribution in [-0.4, -0.2) is 11.7 Å². The minimum atomic E-state index is -3.24. The molecule has 0 spiro atoms. The Hall–Kier alpha value is -1.94. The molecule has 19 heavy (non-hydrogen) atoms. The molecule has 0 saturated heterocycles. The average molecular weight is 264 g/mol. The summed E-state index contributed by atoms with van der Waals surface area (Å²) in [4.78, 5) is 0. The molecule has 0 bridgehead atoms. The van der Waals surface area contributed by atoms with Crippen LogP contribution in [0, 0.1) is 0 Å². The van der Waals surface area contributed by atoms with E-state index in [0.29, 0.717) is 12.4 Å². The highest BCUT2D eigenvalue weighted by molar-refractivity contribution is 5.31. The fourth-order valence-corrected chi connectivity index (χ4v) is 1.65. The Bertz CT molecular complexity index is 527. The first kappa shape index (κ1) is 13.5. The van der Waals surface area contributed by atoms with E-state index in [2.05, 4.69) is 0 Å². The molecule has 2 aromatic rings. The third kappa shape index (κ3) is 3.51. The molecule has 4 heteroatoms. The Labute approximate surface area is 110 Å². The molecular weight excluding hydrogens is 250 g/mol.